The molecule has 20 heavy (non-hydrogen) atoms. The zero-order chi connectivity index (χ0) is 15.1. The number of carbonyl (C=O) groups excluding carboxylic acids is 1. The van der Waals surface area contributed by atoms with Gasteiger partial charge in [-0.25, -0.2) is 12.7 Å². The van der Waals surface area contributed by atoms with Crippen molar-refractivity contribution >= 4 is 15.9 Å². The minimum atomic E-state index is -3.53. The number of aryl methyl sites for hydroxylation is 1. The summed E-state index contributed by atoms with van der Waals surface area (Å²) in [5, 5.41) is 0. The van der Waals surface area contributed by atoms with Crippen LogP contribution in [0.3, 0.4) is 0 Å². The molecule has 0 unspecified atom stereocenters. The summed E-state index contributed by atoms with van der Waals surface area (Å²) in [5.41, 5.74) is 1.06. The van der Waals surface area contributed by atoms with Gasteiger partial charge in [-0.2, -0.15) is 0 Å². The van der Waals surface area contributed by atoms with Gasteiger partial charge in [0.15, 0.2) is 0 Å². The van der Waals surface area contributed by atoms with Crippen molar-refractivity contribution in [2.45, 2.75) is 30.7 Å². The number of hydrogen-bond donors (Lipinski definition) is 0. The van der Waals surface area contributed by atoms with E-state index in [1.165, 1.54) is 20.2 Å². The van der Waals surface area contributed by atoms with E-state index in [-0.39, 0.29) is 10.8 Å². The van der Waals surface area contributed by atoms with Crippen LogP contribution < -0.4 is 0 Å². The zero-order valence-corrected chi connectivity index (χ0v) is 13.1. The van der Waals surface area contributed by atoms with Crippen molar-refractivity contribution in [3.63, 3.8) is 0 Å². The minimum absolute atomic E-state index is 0.122. The Kier molecular flexibility index (Phi) is 3.88. The van der Waals surface area contributed by atoms with Gasteiger partial charge in [0.05, 0.1) is 4.90 Å². The molecule has 1 fully saturated rings. The first-order valence-corrected chi connectivity index (χ1v) is 7.99. The molecular formula is C14H20N2O3S. The van der Waals surface area contributed by atoms with Gasteiger partial charge in [0.2, 0.25) is 10.0 Å². The molecule has 0 aromatic heterocycles. The highest BCUT2D eigenvalue weighted by molar-refractivity contribution is 7.89. The lowest BCUT2D eigenvalue weighted by atomic mass is 10.1. The SMILES string of the molecule is Cc1ccc(C(=O)N(C)C2CC2)cc1S(=O)(=O)N(C)C. The fourth-order valence-electron chi connectivity index (χ4n) is 2.04. The van der Waals surface area contributed by atoms with Gasteiger partial charge in [-0.1, -0.05) is 6.07 Å². The smallest absolute Gasteiger partial charge is 0.253 e. The third-order valence-corrected chi connectivity index (χ3v) is 5.57. The van der Waals surface area contributed by atoms with Crippen molar-refractivity contribution in [3.05, 3.63) is 29.3 Å². The Morgan fingerprint density at radius 1 is 1.20 bits per heavy atom. The van der Waals surface area contributed by atoms with Crippen LogP contribution in [0, 0.1) is 6.92 Å². The lowest BCUT2D eigenvalue weighted by molar-refractivity contribution is 0.0785. The molecule has 110 valence electrons. The first kappa shape index (κ1) is 15.0. The fraction of sp³-hybridized carbons (Fsp3) is 0.500. The van der Waals surface area contributed by atoms with E-state index in [0.717, 1.165) is 17.1 Å². The molecule has 0 N–H and O–H groups in total. The zero-order valence-electron chi connectivity index (χ0n) is 12.3. The Hall–Kier alpha value is -1.40. The van der Waals surface area contributed by atoms with Gasteiger partial charge in [-0.3, -0.25) is 4.79 Å². The molecule has 0 saturated heterocycles. The highest BCUT2D eigenvalue weighted by atomic mass is 32.2. The number of amides is 1. The van der Waals surface area contributed by atoms with Crippen LogP contribution in [-0.4, -0.2) is 50.7 Å². The van der Waals surface area contributed by atoms with Gasteiger partial charge in [0.25, 0.3) is 5.91 Å². The van der Waals surface area contributed by atoms with E-state index in [4.69, 9.17) is 0 Å². The Morgan fingerprint density at radius 3 is 2.30 bits per heavy atom. The predicted molar refractivity (Wildman–Crippen MR) is 77.2 cm³/mol. The van der Waals surface area contributed by atoms with Crippen LogP contribution >= 0.6 is 0 Å². The molecule has 6 heteroatoms. The van der Waals surface area contributed by atoms with Crippen LogP contribution in [0.15, 0.2) is 23.1 Å². The average molecular weight is 296 g/mol. The number of nitrogens with zero attached hydrogens (tertiary/aromatic N) is 2. The molecule has 1 amide bonds. The Morgan fingerprint density at radius 2 is 1.80 bits per heavy atom. The van der Waals surface area contributed by atoms with Crippen LogP contribution in [-0.2, 0) is 10.0 Å². The Bertz CT molecular complexity index is 634. The van der Waals surface area contributed by atoms with E-state index in [2.05, 4.69) is 0 Å². The predicted octanol–water partition coefficient (Wildman–Crippen LogP) is 1.48. The third kappa shape index (κ3) is 2.71. The monoisotopic (exact) mass is 296 g/mol. The summed E-state index contributed by atoms with van der Waals surface area (Å²) < 4.78 is 25.7. The topological polar surface area (TPSA) is 57.7 Å². The first-order valence-electron chi connectivity index (χ1n) is 6.55. The molecule has 2 rings (SSSR count). The van der Waals surface area contributed by atoms with Crippen molar-refractivity contribution in [1.82, 2.24) is 9.21 Å². The van der Waals surface area contributed by atoms with Crippen LogP contribution in [0.1, 0.15) is 28.8 Å². The van der Waals surface area contributed by atoms with E-state index in [1.807, 2.05) is 0 Å². The summed E-state index contributed by atoms with van der Waals surface area (Å²) in [7, 11) is 1.20. The maximum Gasteiger partial charge on any atom is 0.253 e. The summed E-state index contributed by atoms with van der Waals surface area (Å²) in [4.78, 5) is 14.2. The second-order valence-corrected chi connectivity index (χ2v) is 7.54. The molecule has 0 bridgehead atoms. The molecule has 1 aliphatic carbocycles. The summed E-state index contributed by atoms with van der Waals surface area (Å²) in [6, 6.07) is 5.15. The van der Waals surface area contributed by atoms with E-state index in [0.29, 0.717) is 17.2 Å². The largest absolute Gasteiger partial charge is 0.339 e. The summed E-state index contributed by atoms with van der Waals surface area (Å²) in [6.07, 6.45) is 2.05. The Labute approximate surface area is 120 Å². The quantitative estimate of drug-likeness (QED) is 0.845. The maximum absolute atomic E-state index is 12.3. The second-order valence-electron chi connectivity index (χ2n) is 5.41. The average Bonchev–Trinajstić information content (AvgIpc) is 3.21. The highest BCUT2D eigenvalue weighted by Crippen LogP contribution is 2.27. The molecule has 0 radical (unpaired) electrons. The maximum atomic E-state index is 12.3. The molecule has 1 aromatic rings. The molecule has 0 spiro atoms. The van der Waals surface area contributed by atoms with E-state index in [9.17, 15) is 13.2 Å². The van der Waals surface area contributed by atoms with Gasteiger partial charge in [-0.15, -0.1) is 0 Å². The number of carbonyl (C=O) groups is 1. The van der Waals surface area contributed by atoms with E-state index in [1.54, 1.807) is 31.0 Å². The van der Waals surface area contributed by atoms with Crippen molar-refractivity contribution in [2.24, 2.45) is 0 Å². The lowest BCUT2D eigenvalue weighted by Crippen LogP contribution is -2.29. The third-order valence-electron chi connectivity index (χ3n) is 3.61. The number of hydrogen-bond acceptors (Lipinski definition) is 3. The van der Waals surface area contributed by atoms with Crippen molar-refractivity contribution in [1.29, 1.82) is 0 Å². The summed E-state index contributed by atoms with van der Waals surface area (Å²) in [5.74, 6) is -0.122. The van der Waals surface area contributed by atoms with Gasteiger partial charge in [-0.05, 0) is 37.5 Å². The molecule has 0 atom stereocenters. The van der Waals surface area contributed by atoms with Crippen LogP contribution in [0.2, 0.25) is 0 Å². The van der Waals surface area contributed by atoms with Crippen molar-refractivity contribution in [3.8, 4) is 0 Å². The molecule has 1 saturated carbocycles. The summed E-state index contributed by atoms with van der Waals surface area (Å²) >= 11 is 0. The molecular weight excluding hydrogens is 276 g/mol. The van der Waals surface area contributed by atoms with Gasteiger partial charge >= 0.3 is 0 Å². The van der Waals surface area contributed by atoms with Crippen LogP contribution in [0.4, 0.5) is 0 Å². The fourth-order valence-corrected chi connectivity index (χ4v) is 3.18. The van der Waals surface area contributed by atoms with Crippen molar-refractivity contribution in [2.75, 3.05) is 21.1 Å². The molecule has 1 aromatic carbocycles. The number of rotatable bonds is 4. The molecule has 1 aliphatic rings. The standard InChI is InChI=1S/C14H20N2O3S/c1-10-5-6-11(14(17)16(4)12-7-8-12)9-13(10)20(18,19)15(2)3/h5-6,9,12H,7-8H2,1-4H3. The van der Waals surface area contributed by atoms with Crippen molar-refractivity contribution < 1.29 is 13.2 Å². The van der Waals surface area contributed by atoms with Gasteiger partial charge < -0.3 is 4.90 Å². The lowest BCUT2D eigenvalue weighted by Gasteiger charge is -2.18. The van der Waals surface area contributed by atoms with Crippen LogP contribution in [0.5, 0.6) is 0 Å². The minimum Gasteiger partial charge on any atom is -0.339 e. The molecule has 5 nitrogen and oxygen atoms in total. The van der Waals surface area contributed by atoms with E-state index >= 15 is 0 Å². The van der Waals surface area contributed by atoms with Gasteiger partial charge in [0.1, 0.15) is 0 Å². The van der Waals surface area contributed by atoms with Gasteiger partial charge in [0, 0.05) is 32.7 Å². The number of sulfonamides is 1. The summed E-state index contributed by atoms with van der Waals surface area (Å²) in [6.45, 7) is 1.73. The number of benzene rings is 1. The highest BCUT2D eigenvalue weighted by Gasteiger charge is 2.31. The molecule has 0 aliphatic heterocycles. The normalized spacial score (nSPS) is 15.4. The van der Waals surface area contributed by atoms with E-state index < -0.39 is 10.0 Å². The first-order chi connectivity index (χ1) is 9.25. The molecule has 0 heterocycles. The van der Waals surface area contributed by atoms with Crippen LogP contribution in [0.25, 0.3) is 0 Å². The Balaban J connectivity index is 2.41. The second kappa shape index (κ2) is 5.18.